The Labute approximate surface area is 160 Å². The van der Waals surface area contributed by atoms with Crippen molar-refractivity contribution in [1.29, 1.82) is 0 Å². The van der Waals surface area contributed by atoms with E-state index in [0.717, 1.165) is 25.9 Å². The zero-order valence-corrected chi connectivity index (χ0v) is 15.6. The van der Waals surface area contributed by atoms with Gasteiger partial charge in [-0.1, -0.05) is 42.5 Å². The second-order valence-electron chi connectivity index (χ2n) is 7.30. The Hall–Kier alpha value is -2.37. The first-order chi connectivity index (χ1) is 13.2. The number of hydrogen-bond donors (Lipinski definition) is 2. The molecule has 27 heavy (non-hydrogen) atoms. The van der Waals surface area contributed by atoms with Gasteiger partial charge in [0.05, 0.1) is 12.1 Å². The molecule has 1 saturated heterocycles. The molecule has 1 fully saturated rings. The predicted octanol–water partition coefficient (Wildman–Crippen LogP) is 2.57. The van der Waals surface area contributed by atoms with Crippen LogP contribution in [0.15, 0.2) is 54.6 Å². The number of carbonyl (C=O) groups is 1. The molecule has 0 bridgehead atoms. The van der Waals surface area contributed by atoms with Gasteiger partial charge in [-0.25, -0.2) is 0 Å². The summed E-state index contributed by atoms with van der Waals surface area (Å²) in [7, 11) is 1.75. The normalized spacial score (nSPS) is 23.0. The topological polar surface area (TPSA) is 59.6 Å². The lowest BCUT2D eigenvalue weighted by Gasteiger charge is -2.40. The van der Waals surface area contributed by atoms with Crippen LogP contribution in [0.25, 0.3) is 0 Å². The van der Waals surface area contributed by atoms with Crippen molar-refractivity contribution < 1.29 is 14.3 Å². The molecule has 2 aromatic rings. The predicted molar refractivity (Wildman–Crippen MR) is 104 cm³/mol. The molecule has 0 saturated carbocycles. The Balaban J connectivity index is 1.53. The van der Waals surface area contributed by atoms with Crippen molar-refractivity contribution in [1.82, 2.24) is 10.6 Å². The Morgan fingerprint density at radius 3 is 2.56 bits per heavy atom. The third-order valence-corrected chi connectivity index (χ3v) is 5.86. The van der Waals surface area contributed by atoms with E-state index < -0.39 is 0 Å². The van der Waals surface area contributed by atoms with Crippen LogP contribution in [-0.4, -0.2) is 38.8 Å². The van der Waals surface area contributed by atoms with Crippen LogP contribution in [0.3, 0.4) is 0 Å². The van der Waals surface area contributed by atoms with Gasteiger partial charge in [-0.2, -0.15) is 0 Å². The van der Waals surface area contributed by atoms with E-state index in [-0.39, 0.29) is 30.1 Å². The molecule has 1 aliphatic heterocycles. The van der Waals surface area contributed by atoms with Gasteiger partial charge >= 0.3 is 0 Å². The van der Waals surface area contributed by atoms with Gasteiger partial charge in [-0.15, -0.1) is 0 Å². The zero-order valence-electron chi connectivity index (χ0n) is 15.6. The lowest BCUT2D eigenvalue weighted by Crippen LogP contribution is -2.49. The van der Waals surface area contributed by atoms with E-state index in [9.17, 15) is 4.79 Å². The first kappa shape index (κ1) is 18.0. The fourth-order valence-electron chi connectivity index (χ4n) is 4.68. The average molecular weight is 366 g/mol. The van der Waals surface area contributed by atoms with Crippen molar-refractivity contribution >= 4 is 5.91 Å². The van der Waals surface area contributed by atoms with Crippen molar-refractivity contribution in [3.63, 3.8) is 0 Å². The maximum absolute atomic E-state index is 12.6. The minimum Gasteiger partial charge on any atom is -0.484 e. The number of methoxy groups -OCH3 is 1. The highest BCUT2D eigenvalue weighted by Crippen LogP contribution is 2.51. The monoisotopic (exact) mass is 366 g/mol. The smallest absolute Gasteiger partial charge is 0.258 e. The van der Waals surface area contributed by atoms with Gasteiger partial charge in [0.15, 0.2) is 6.61 Å². The van der Waals surface area contributed by atoms with Crippen molar-refractivity contribution in [3.05, 3.63) is 65.7 Å². The number of nitrogens with one attached hydrogen (secondary N) is 2. The van der Waals surface area contributed by atoms with Gasteiger partial charge in [0, 0.05) is 12.5 Å². The summed E-state index contributed by atoms with van der Waals surface area (Å²) in [5.41, 5.74) is 2.43. The maximum atomic E-state index is 12.6. The molecular formula is C22H26N2O3. The van der Waals surface area contributed by atoms with Crippen molar-refractivity contribution in [3.8, 4) is 5.75 Å². The first-order valence-corrected chi connectivity index (χ1v) is 9.55. The number of ether oxygens (including phenoxy) is 2. The molecule has 2 aliphatic rings. The maximum Gasteiger partial charge on any atom is 0.258 e. The molecule has 142 valence electrons. The van der Waals surface area contributed by atoms with Gasteiger partial charge in [0.25, 0.3) is 5.91 Å². The Bertz CT molecular complexity index is 787. The van der Waals surface area contributed by atoms with Gasteiger partial charge in [-0.3, -0.25) is 4.79 Å². The molecule has 0 unspecified atom stereocenters. The van der Waals surface area contributed by atoms with Crippen molar-refractivity contribution in [2.75, 3.05) is 26.8 Å². The summed E-state index contributed by atoms with van der Waals surface area (Å²) in [4.78, 5) is 12.6. The quantitative estimate of drug-likeness (QED) is 0.854. The number of amides is 1. The van der Waals surface area contributed by atoms with Gasteiger partial charge in [0.1, 0.15) is 5.75 Å². The lowest BCUT2D eigenvalue weighted by atomic mass is 9.72. The molecule has 1 aliphatic carbocycles. The molecule has 1 amide bonds. The van der Waals surface area contributed by atoms with E-state index >= 15 is 0 Å². The SMILES string of the molecule is CO[C@@H]1[C@@H](NC(=O)COc2ccccc2)c2ccccc2C12CCNCC2. The standard InChI is InChI=1S/C22H26N2O3/c1-26-21-20(24-19(25)15-27-16-7-3-2-4-8-16)17-9-5-6-10-18(17)22(21)11-13-23-14-12-22/h2-10,20-21,23H,11-15H2,1H3,(H,24,25)/t20-,21+/m0/s1. The Morgan fingerprint density at radius 2 is 1.81 bits per heavy atom. The van der Waals surface area contributed by atoms with E-state index in [4.69, 9.17) is 9.47 Å². The van der Waals surface area contributed by atoms with Crippen LogP contribution in [0.2, 0.25) is 0 Å². The summed E-state index contributed by atoms with van der Waals surface area (Å²) >= 11 is 0. The number of piperidine rings is 1. The summed E-state index contributed by atoms with van der Waals surface area (Å²) < 4.78 is 11.6. The Morgan fingerprint density at radius 1 is 1.11 bits per heavy atom. The van der Waals surface area contributed by atoms with Gasteiger partial charge < -0.3 is 20.1 Å². The molecule has 2 atom stereocenters. The van der Waals surface area contributed by atoms with E-state index in [1.165, 1.54) is 11.1 Å². The lowest BCUT2D eigenvalue weighted by molar-refractivity contribution is -0.125. The molecule has 0 radical (unpaired) electrons. The van der Waals surface area contributed by atoms with Crippen molar-refractivity contribution in [2.24, 2.45) is 0 Å². The molecule has 2 aromatic carbocycles. The number of carbonyl (C=O) groups excluding carboxylic acids is 1. The van der Waals surface area contributed by atoms with Crippen LogP contribution in [0.5, 0.6) is 5.75 Å². The second kappa shape index (κ2) is 7.71. The molecule has 0 aromatic heterocycles. The largest absolute Gasteiger partial charge is 0.484 e. The van der Waals surface area contributed by atoms with Gasteiger partial charge in [-0.05, 0) is 49.2 Å². The van der Waals surface area contributed by atoms with Gasteiger partial charge in [0.2, 0.25) is 0 Å². The van der Waals surface area contributed by atoms with Crippen molar-refractivity contribution in [2.45, 2.75) is 30.4 Å². The molecule has 5 heteroatoms. The highest BCUT2D eigenvalue weighted by molar-refractivity contribution is 5.78. The van der Waals surface area contributed by atoms with Crippen LogP contribution in [-0.2, 0) is 14.9 Å². The van der Waals surface area contributed by atoms with Crippen LogP contribution < -0.4 is 15.4 Å². The molecular weight excluding hydrogens is 340 g/mol. The summed E-state index contributed by atoms with van der Waals surface area (Å²) in [5.74, 6) is 0.560. The molecule has 1 spiro atoms. The molecule has 5 nitrogen and oxygen atoms in total. The molecule has 4 rings (SSSR count). The Kier molecular flexibility index (Phi) is 5.14. The van der Waals surface area contributed by atoms with Crippen LogP contribution >= 0.6 is 0 Å². The summed E-state index contributed by atoms with van der Waals surface area (Å²) in [5, 5.41) is 6.61. The molecule has 2 N–H and O–H groups in total. The zero-order chi connectivity index (χ0) is 18.7. The average Bonchev–Trinajstić information content (AvgIpc) is 2.96. The summed E-state index contributed by atoms with van der Waals surface area (Å²) in [6.45, 7) is 1.92. The summed E-state index contributed by atoms with van der Waals surface area (Å²) in [6.07, 6.45) is 1.95. The minimum atomic E-state index is -0.156. The van der Waals surface area contributed by atoms with E-state index in [1.54, 1.807) is 7.11 Å². The highest BCUT2D eigenvalue weighted by atomic mass is 16.5. The first-order valence-electron chi connectivity index (χ1n) is 9.55. The third kappa shape index (κ3) is 3.33. The number of hydrogen-bond acceptors (Lipinski definition) is 4. The fourth-order valence-corrected chi connectivity index (χ4v) is 4.68. The highest BCUT2D eigenvalue weighted by Gasteiger charge is 2.53. The number of rotatable bonds is 5. The minimum absolute atomic E-state index is 0.00628. The summed E-state index contributed by atoms with van der Waals surface area (Å²) in [6, 6.07) is 17.7. The van der Waals surface area contributed by atoms with E-state index in [1.807, 2.05) is 36.4 Å². The second-order valence-corrected chi connectivity index (χ2v) is 7.30. The third-order valence-electron chi connectivity index (χ3n) is 5.86. The van der Waals surface area contributed by atoms with Crippen LogP contribution in [0, 0.1) is 0 Å². The fraction of sp³-hybridized carbons (Fsp3) is 0.409. The number of para-hydroxylation sites is 1. The number of benzene rings is 2. The van der Waals surface area contributed by atoms with Crippen LogP contribution in [0.4, 0.5) is 0 Å². The van der Waals surface area contributed by atoms with E-state index in [2.05, 4.69) is 28.8 Å². The molecule has 1 heterocycles. The van der Waals surface area contributed by atoms with Crippen LogP contribution in [0.1, 0.15) is 30.0 Å². The van der Waals surface area contributed by atoms with E-state index in [0.29, 0.717) is 5.75 Å². The number of fused-ring (bicyclic) bond motifs is 2.